The van der Waals surface area contributed by atoms with E-state index in [2.05, 4.69) is 9.88 Å². The number of hydrogen-bond donors (Lipinski definition) is 1. The highest BCUT2D eigenvalue weighted by molar-refractivity contribution is 7.80. The van der Waals surface area contributed by atoms with Crippen LogP contribution in [0.5, 0.6) is 0 Å². The van der Waals surface area contributed by atoms with Gasteiger partial charge in [0, 0.05) is 33.2 Å². The Labute approximate surface area is 118 Å². The number of hydrogen-bond acceptors (Lipinski definition) is 4. The van der Waals surface area contributed by atoms with Crippen LogP contribution in [0, 0.1) is 0 Å². The van der Waals surface area contributed by atoms with E-state index < -0.39 is 0 Å². The van der Waals surface area contributed by atoms with Crippen molar-refractivity contribution in [2.75, 3.05) is 26.2 Å². The van der Waals surface area contributed by atoms with E-state index in [-0.39, 0.29) is 11.9 Å². The number of aromatic nitrogens is 2. The molecule has 19 heavy (non-hydrogen) atoms. The minimum Gasteiger partial charge on any atom is -0.392 e. The number of carbonyl (C=O) groups is 1. The average Bonchev–Trinajstić information content (AvgIpc) is 2.83. The van der Waals surface area contributed by atoms with Gasteiger partial charge in [0.25, 0.3) is 5.91 Å². The summed E-state index contributed by atoms with van der Waals surface area (Å²) in [7, 11) is 1.82. The first-order valence-electron chi connectivity index (χ1n) is 6.29. The maximum Gasteiger partial charge on any atom is 0.272 e. The molecule has 1 fully saturated rings. The molecule has 1 aromatic heterocycles. The van der Waals surface area contributed by atoms with Crippen molar-refractivity contribution < 1.29 is 4.79 Å². The average molecular weight is 281 g/mol. The molecule has 1 aliphatic rings. The van der Waals surface area contributed by atoms with Crippen LogP contribution in [0.15, 0.2) is 12.5 Å². The van der Waals surface area contributed by atoms with E-state index >= 15 is 0 Å². The molecule has 104 valence electrons. The van der Waals surface area contributed by atoms with E-state index in [9.17, 15) is 4.79 Å². The zero-order valence-electron chi connectivity index (χ0n) is 11.2. The smallest absolute Gasteiger partial charge is 0.272 e. The van der Waals surface area contributed by atoms with Crippen molar-refractivity contribution in [2.24, 2.45) is 12.8 Å². The molecule has 1 atom stereocenters. The zero-order valence-corrected chi connectivity index (χ0v) is 12.1. The molecule has 1 saturated heterocycles. The lowest BCUT2D eigenvalue weighted by molar-refractivity contribution is 0.0612. The normalized spacial score (nSPS) is 18.3. The van der Waals surface area contributed by atoms with Crippen LogP contribution in [-0.4, -0.2) is 62.5 Å². The summed E-state index contributed by atoms with van der Waals surface area (Å²) in [6.07, 6.45) is 3.24. The highest BCUT2D eigenvalue weighted by Gasteiger charge is 2.26. The van der Waals surface area contributed by atoms with Crippen molar-refractivity contribution >= 4 is 23.1 Å². The standard InChI is InChI=1S/C12H19N5OS/c1-9(11(13)19)16-3-5-17(6-4-16)12(18)10-7-14-8-15(10)2/h7-9H,3-6H2,1-2H3,(H2,13,19). The van der Waals surface area contributed by atoms with Gasteiger partial charge in [0.2, 0.25) is 0 Å². The molecule has 1 aromatic rings. The van der Waals surface area contributed by atoms with Crippen molar-refractivity contribution in [3.63, 3.8) is 0 Å². The highest BCUT2D eigenvalue weighted by atomic mass is 32.1. The lowest BCUT2D eigenvalue weighted by Crippen LogP contribution is -2.54. The Hall–Kier alpha value is -1.47. The van der Waals surface area contributed by atoms with Crippen LogP contribution in [0.1, 0.15) is 17.4 Å². The number of piperazine rings is 1. The van der Waals surface area contributed by atoms with Gasteiger partial charge in [-0.05, 0) is 6.92 Å². The van der Waals surface area contributed by atoms with E-state index in [0.717, 1.165) is 13.1 Å². The molecule has 7 heteroatoms. The minimum absolute atomic E-state index is 0.0302. The van der Waals surface area contributed by atoms with E-state index in [4.69, 9.17) is 18.0 Å². The van der Waals surface area contributed by atoms with Gasteiger partial charge in [-0.15, -0.1) is 0 Å². The molecule has 2 N–H and O–H groups in total. The van der Waals surface area contributed by atoms with Gasteiger partial charge >= 0.3 is 0 Å². The molecule has 0 spiro atoms. The van der Waals surface area contributed by atoms with Crippen LogP contribution in [0.3, 0.4) is 0 Å². The van der Waals surface area contributed by atoms with Crippen molar-refractivity contribution in [3.8, 4) is 0 Å². The number of aryl methyl sites for hydroxylation is 1. The lowest BCUT2D eigenvalue weighted by Gasteiger charge is -2.37. The second kappa shape index (κ2) is 5.66. The Morgan fingerprint density at radius 2 is 2.05 bits per heavy atom. The van der Waals surface area contributed by atoms with Crippen LogP contribution >= 0.6 is 12.2 Å². The zero-order chi connectivity index (χ0) is 14.0. The van der Waals surface area contributed by atoms with Gasteiger partial charge in [-0.1, -0.05) is 12.2 Å². The molecule has 2 rings (SSSR count). The molecule has 1 unspecified atom stereocenters. The minimum atomic E-state index is 0.0302. The molecule has 0 aliphatic carbocycles. The van der Waals surface area contributed by atoms with Crippen molar-refractivity contribution in [3.05, 3.63) is 18.2 Å². The van der Waals surface area contributed by atoms with Crippen molar-refractivity contribution in [1.29, 1.82) is 0 Å². The van der Waals surface area contributed by atoms with Gasteiger partial charge in [-0.25, -0.2) is 4.98 Å². The number of nitrogens with zero attached hydrogens (tertiary/aromatic N) is 4. The summed E-state index contributed by atoms with van der Waals surface area (Å²) in [5, 5.41) is 0. The monoisotopic (exact) mass is 281 g/mol. The number of amides is 1. The molecular weight excluding hydrogens is 262 g/mol. The van der Waals surface area contributed by atoms with E-state index in [1.54, 1.807) is 17.1 Å². The first kappa shape index (κ1) is 14.0. The maximum absolute atomic E-state index is 12.3. The summed E-state index contributed by atoms with van der Waals surface area (Å²) in [6, 6.07) is 0.0870. The number of thiocarbonyl (C=S) groups is 1. The fraction of sp³-hybridized carbons (Fsp3) is 0.583. The summed E-state index contributed by atoms with van der Waals surface area (Å²) in [5.74, 6) is 0.0302. The van der Waals surface area contributed by atoms with Gasteiger partial charge in [0.15, 0.2) is 0 Å². The van der Waals surface area contributed by atoms with Gasteiger partial charge in [-0.3, -0.25) is 9.69 Å². The fourth-order valence-electron chi connectivity index (χ4n) is 2.22. The Morgan fingerprint density at radius 1 is 1.42 bits per heavy atom. The second-order valence-corrected chi connectivity index (χ2v) is 5.27. The highest BCUT2D eigenvalue weighted by Crippen LogP contribution is 2.10. The molecule has 6 nitrogen and oxygen atoms in total. The summed E-state index contributed by atoms with van der Waals surface area (Å²) in [6.45, 7) is 4.97. The van der Waals surface area contributed by atoms with Crippen LogP contribution in [0.25, 0.3) is 0 Å². The SMILES string of the molecule is CC(C(N)=S)N1CCN(C(=O)c2cncn2C)CC1. The van der Waals surface area contributed by atoms with Crippen LogP contribution in [0.4, 0.5) is 0 Å². The number of carbonyl (C=O) groups excluding carboxylic acids is 1. The van der Waals surface area contributed by atoms with Gasteiger partial charge in [-0.2, -0.15) is 0 Å². The summed E-state index contributed by atoms with van der Waals surface area (Å²) in [4.78, 5) is 20.8. The molecule has 0 saturated carbocycles. The summed E-state index contributed by atoms with van der Waals surface area (Å²) >= 11 is 5.01. The first-order valence-corrected chi connectivity index (χ1v) is 6.70. The van der Waals surface area contributed by atoms with Gasteiger partial charge in [0.1, 0.15) is 5.69 Å². The number of rotatable bonds is 3. The third-order valence-electron chi connectivity index (χ3n) is 3.60. The number of nitrogens with two attached hydrogens (primary N) is 1. The van der Waals surface area contributed by atoms with E-state index in [0.29, 0.717) is 23.8 Å². The first-order chi connectivity index (χ1) is 9.00. The molecule has 2 heterocycles. The van der Waals surface area contributed by atoms with Gasteiger partial charge in [0.05, 0.1) is 23.6 Å². The topological polar surface area (TPSA) is 67.4 Å². The molecular formula is C12H19N5OS. The Morgan fingerprint density at radius 3 is 2.53 bits per heavy atom. The Bertz CT molecular complexity index is 478. The van der Waals surface area contributed by atoms with E-state index in [1.165, 1.54) is 0 Å². The third-order valence-corrected chi connectivity index (χ3v) is 3.94. The van der Waals surface area contributed by atoms with E-state index in [1.807, 2.05) is 18.9 Å². The molecule has 1 amide bonds. The predicted molar refractivity (Wildman–Crippen MR) is 76.9 cm³/mol. The van der Waals surface area contributed by atoms with Crippen LogP contribution < -0.4 is 5.73 Å². The molecule has 0 radical (unpaired) electrons. The third kappa shape index (κ3) is 2.93. The molecule has 1 aliphatic heterocycles. The van der Waals surface area contributed by atoms with Crippen LogP contribution in [0.2, 0.25) is 0 Å². The maximum atomic E-state index is 12.3. The molecule has 0 bridgehead atoms. The predicted octanol–water partition coefficient (Wildman–Crippen LogP) is -0.148. The number of imidazole rings is 1. The second-order valence-electron chi connectivity index (χ2n) is 4.80. The largest absolute Gasteiger partial charge is 0.392 e. The van der Waals surface area contributed by atoms with Gasteiger partial charge < -0.3 is 15.2 Å². The van der Waals surface area contributed by atoms with Crippen molar-refractivity contribution in [2.45, 2.75) is 13.0 Å². The quantitative estimate of drug-likeness (QED) is 0.781. The fourth-order valence-corrected chi connectivity index (χ4v) is 2.37. The van der Waals surface area contributed by atoms with Crippen LogP contribution in [-0.2, 0) is 7.05 Å². The Balaban J connectivity index is 1.95. The summed E-state index contributed by atoms with van der Waals surface area (Å²) < 4.78 is 1.74. The van der Waals surface area contributed by atoms with Crippen molar-refractivity contribution in [1.82, 2.24) is 19.4 Å². The molecule has 0 aromatic carbocycles. The summed E-state index contributed by atoms with van der Waals surface area (Å²) in [5.41, 5.74) is 6.28. The Kier molecular flexibility index (Phi) is 4.16. The lowest BCUT2D eigenvalue weighted by atomic mass is 10.2.